The number of hydrogen-bond acceptors (Lipinski definition) is 3. The Bertz CT molecular complexity index is 138. The molecule has 3 atom stereocenters. The van der Waals surface area contributed by atoms with Gasteiger partial charge in [-0.05, 0) is 12.3 Å². The Morgan fingerprint density at radius 3 is 2.64 bits per heavy atom. The maximum absolute atomic E-state index is 9.13. The van der Waals surface area contributed by atoms with Crippen molar-refractivity contribution in [3.8, 4) is 0 Å². The molecule has 1 unspecified atom stereocenters. The van der Waals surface area contributed by atoms with Crippen molar-refractivity contribution < 1.29 is 9.84 Å². The van der Waals surface area contributed by atoms with E-state index in [-0.39, 0.29) is 18.2 Å². The van der Waals surface area contributed by atoms with E-state index in [2.05, 4.69) is 19.6 Å². The van der Waals surface area contributed by atoms with Crippen molar-refractivity contribution >= 4 is 20.5 Å². The number of thiol groups is 1. The van der Waals surface area contributed by atoms with Gasteiger partial charge in [-0.2, -0.15) is 12.6 Å². The molecule has 0 radical (unpaired) electrons. The summed E-state index contributed by atoms with van der Waals surface area (Å²) in [6.45, 7) is 2.19. The second-order valence-corrected chi connectivity index (χ2v) is 3.76. The summed E-state index contributed by atoms with van der Waals surface area (Å²) in [6.07, 6.45) is 1.03. The monoisotopic (exact) mass is 174 g/mol. The van der Waals surface area contributed by atoms with Crippen LogP contribution in [-0.4, -0.2) is 36.9 Å². The third-order valence-electron chi connectivity index (χ3n) is 2.55. The van der Waals surface area contributed by atoms with E-state index in [1.54, 1.807) is 0 Å². The van der Waals surface area contributed by atoms with Crippen LogP contribution in [-0.2, 0) is 4.74 Å². The second-order valence-electron chi connectivity index (χ2n) is 3.45. The Morgan fingerprint density at radius 1 is 1.82 bits per heavy atom. The minimum absolute atomic E-state index is 0.0853. The maximum atomic E-state index is 9.13. The van der Waals surface area contributed by atoms with Gasteiger partial charge in [0.15, 0.2) is 0 Å². The van der Waals surface area contributed by atoms with Crippen LogP contribution in [0.5, 0.6) is 0 Å². The van der Waals surface area contributed by atoms with E-state index in [0.29, 0.717) is 11.7 Å². The van der Waals surface area contributed by atoms with Crippen LogP contribution in [0.3, 0.4) is 0 Å². The first kappa shape index (κ1) is 9.42. The van der Waals surface area contributed by atoms with Gasteiger partial charge in [0.1, 0.15) is 13.4 Å². The summed E-state index contributed by atoms with van der Waals surface area (Å²) in [5.74, 6) is 1.02. The van der Waals surface area contributed by atoms with Gasteiger partial charge in [0.05, 0.1) is 6.61 Å². The fraction of sp³-hybridized carbons (Fsp3) is 1.00. The van der Waals surface area contributed by atoms with E-state index < -0.39 is 0 Å². The first-order valence-electron chi connectivity index (χ1n) is 4.04. The molecular weight excluding hydrogens is 159 g/mol. The Morgan fingerprint density at radius 2 is 2.45 bits per heavy atom. The molecule has 1 aliphatic rings. The van der Waals surface area contributed by atoms with Gasteiger partial charge < -0.3 is 9.84 Å². The van der Waals surface area contributed by atoms with Crippen LogP contribution in [0.1, 0.15) is 13.3 Å². The van der Waals surface area contributed by atoms with Crippen LogP contribution in [0.25, 0.3) is 0 Å². The smallest absolute Gasteiger partial charge is 0.139 e. The van der Waals surface area contributed by atoms with E-state index in [4.69, 9.17) is 9.84 Å². The number of hydrogen-bond donors (Lipinski definition) is 2. The highest BCUT2D eigenvalue weighted by atomic mass is 32.1. The lowest BCUT2D eigenvalue weighted by Gasteiger charge is -2.29. The second kappa shape index (κ2) is 3.38. The average molecular weight is 174 g/mol. The summed E-state index contributed by atoms with van der Waals surface area (Å²) in [4.78, 5) is 0. The molecule has 0 aliphatic carbocycles. The summed E-state index contributed by atoms with van der Waals surface area (Å²) >= 11 is 4.20. The molecule has 0 spiro atoms. The third-order valence-corrected chi connectivity index (χ3v) is 3.09. The first-order chi connectivity index (χ1) is 5.14. The van der Waals surface area contributed by atoms with Gasteiger partial charge >= 0.3 is 0 Å². The predicted molar refractivity (Wildman–Crippen MR) is 50.9 cm³/mol. The molecule has 11 heavy (non-hydrogen) atoms. The summed E-state index contributed by atoms with van der Waals surface area (Å²) in [5, 5.41) is 9.13. The van der Waals surface area contributed by atoms with Gasteiger partial charge in [0.2, 0.25) is 0 Å². The zero-order chi connectivity index (χ0) is 8.48. The Kier molecular flexibility index (Phi) is 2.89. The van der Waals surface area contributed by atoms with Crippen LogP contribution in [0.4, 0.5) is 0 Å². The fourth-order valence-corrected chi connectivity index (χ4v) is 2.20. The zero-order valence-electron chi connectivity index (χ0n) is 7.08. The Balaban J connectivity index is 2.67. The van der Waals surface area contributed by atoms with Gasteiger partial charge in [0, 0.05) is 11.8 Å². The summed E-state index contributed by atoms with van der Waals surface area (Å²) in [5.41, 5.74) is -0.372. The zero-order valence-corrected chi connectivity index (χ0v) is 7.97. The quantitative estimate of drug-likeness (QED) is 0.443. The van der Waals surface area contributed by atoms with E-state index in [1.807, 2.05) is 7.85 Å². The van der Waals surface area contributed by atoms with Gasteiger partial charge in [-0.1, -0.05) is 6.92 Å². The van der Waals surface area contributed by atoms with Crippen molar-refractivity contribution in [1.29, 1.82) is 0 Å². The maximum Gasteiger partial charge on any atom is 0.139 e. The van der Waals surface area contributed by atoms with Crippen molar-refractivity contribution in [1.82, 2.24) is 0 Å². The number of ether oxygens (including phenoxy) is 1. The highest BCUT2D eigenvalue weighted by Gasteiger charge is 2.42. The molecular formula is C7H15BO2S. The highest BCUT2D eigenvalue weighted by molar-refractivity contribution is 7.80. The lowest BCUT2D eigenvalue weighted by atomic mass is 9.87. The minimum Gasteiger partial charge on any atom is -0.393 e. The normalized spacial score (nSPS) is 44.6. The van der Waals surface area contributed by atoms with Crippen molar-refractivity contribution in [2.45, 2.75) is 24.9 Å². The molecule has 0 saturated carbocycles. The summed E-state index contributed by atoms with van der Waals surface area (Å²) in [7, 11) is 2.04. The molecule has 1 N–H and O–H groups in total. The molecule has 4 heteroatoms. The first-order valence-corrected chi connectivity index (χ1v) is 4.67. The van der Waals surface area contributed by atoms with Crippen LogP contribution in [0.2, 0.25) is 0 Å². The van der Waals surface area contributed by atoms with Crippen LogP contribution < -0.4 is 0 Å². The molecule has 2 nitrogen and oxygen atoms in total. The largest absolute Gasteiger partial charge is 0.393 e. The molecule has 0 bridgehead atoms. The summed E-state index contributed by atoms with van der Waals surface area (Å²) < 4.78 is 5.63. The van der Waals surface area contributed by atoms with E-state index >= 15 is 0 Å². The van der Waals surface area contributed by atoms with E-state index in [0.717, 1.165) is 6.42 Å². The Labute approximate surface area is 74.1 Å². The average Bonchev–Trinajstić information content (AvgIpc) is 2.27. The predicted octanol–water partition coefficient (Wildman–Crippen LogP) is -0.337. The van der Waals surface area contributed by atoms with E-state index in [1.165, 1.54) is 0 Å². The van der Waals surface area contributed by atoms with Crippen molar-refractivity contribution in [2.24, 2.45) is 5.92 Å². The van der Waals surface area contributed by atoms with Crippen LogP contribution in [0, 0.1) is 5.92 Å². The molecule has 64 valence electrons. The van der Waals surface area contributed by atoms with E-state index in [9.17, 15) is 0 Å². The number of rotatable bonds is 2. The topological polar surface area (TPSA) is 29.5 Å². The SMILES string of the molecule is B[C@H]1CC(C)[C@@](CO)(CS)O1. The minimum atomic E-state index is -0.372. The molecule has 1 saturated heterocycles. The van der Waals surface area contributed by atoms with Gasteiger partial charge in [-0.3, -0.25) is 0 Å². The third kappa shape index (κ3) is 1.58. The molecule has 1 heterocycles. The lowest BCUT2D eigenvalue weighted by molar-refractivity contribution is -0.0503. The highest BCUT2D eigenvalue weighted by Crippen LogP contribution is 2.35. The molecule has 0 aromatic heterocycles. The van der Waals surface area contributed by atoms with Crippen molar-refractivity contribution in [3.05, 3.63) is 0 Å². The molecule has 1 rings (SSSR count). The fourth-order valence-electron chi connectivity index (χ4n) is 1.71. The molecule has 0 aromatic rings. The van der Waals surface area contributed by atoms with Crippen molar-refractivity contribution in [3.63, 3.8) is 0 Å². The van der Waals surface area contributed by atoms with Crippen molar-refractivity contribution in [2.75, 3.05) is 12.4 Å². The number of aliphatic hydroxyl groups is 1. The summed E-state index contributed by atoms with van der Waals surface area (Å²) in [6, 6.07) is 0.268. The molecule has 0 amide bonds. The van der Waals surface area contributed by atoms with Crippen LogP contribution in [0.15, 0.2) is 0 Å². The molecule has 1 fully saturated rings. The van der Waals surface area contributed by atoms with Gasteiger partial charge in [-0.25, -0.2) is 0 Å². The van der Waals surface area contributed by atoms with Crippen LogP contribution >= 0.6 is 12.6 Å². The molecule has 1 aliphatic heterocycles. The molecule has 0 aromatic carbocycles. The lowest BCUT2D eigenvalue weighted by Crippen LogP contribution is -2.40. The number of aliphatic hydroxyl groups excluding tert-OH is 1. The van der Waals surface area contributed by atoms with Gasteiger partial charge in [-0.15, -0.1) is 0 Å². The standard InChI is InChI=1S/C7H15BO2S/c1-5-2-6(8)10-7(5,3-9)4-11/h5-6,9,11H,2-4,8H2,1H3/t5?,6-,7-/m1/s1. The van der Waals surface area contributed by atoms with Gasteiger partial charge in [0.25, 0.3) is 0 Å². The Hall–Kier alpha value is 0.335.